The van der Waals surface area contributed by atoms with Gasteiger partial charge < -0.3 is 4.74 Å². The molecule has 0 aromatic heterocycles. The van der Waals surface area contributed by atoms with Gasteiger partial charge in [-0.3, -0.25) is 4.84 Å². The molecule has 0 fully saturated rings. The molecule has 1 N–H and O–H groups in total. The predicted molar refractivity (Wildman–Crippen MR) is 70.5 cm³/mol. The van der Waals surface area contributed by atoms with E-state index in [4.69, 9.17) is 21.2 Å². The number of hydroxylamine groups is 1. The number of thioether (sulfide) groups is 1. The molecule has 0 saturated carbocycles. The third-order valence-electron chi connectivity index (χ3n) is 2.63. The average molecular weight is 274 g/mol. The van der Waals surface area contributed by atoms with E-state index < -0.39 is 0 Å². The number of fused-ring (bicyclic) bond motifs is 1. The molecule has 17 heavy (non-hydrogen) atoms. The third kappa shape index (κ3) is 3.60. The van der Waals surface area contributed by atoms with E-state index in [0.717, 1.165) is 17.2 Å². The average Bonchev–Trinajstić information content (AvgIpc) is 2.35. The fourth-order valence-electron chi connectivity index (χ4n) is 1.77. The van der Waals surface area contributed by atoms with E-state index in [0.29, 0.717) is 13.2 Å². The first-order chi connectivity index (χ1) is 8.31. The molecule has 1 aromatic carbocycles. The fraction of sp³-hybridized carbons (Fsp3) is 0.500. The maximum absolute atomic E-state index is 6.03. The maximum atomic E-state index is 6.03. The summed E-state index contributed by atoms with van der Waals surface area (Å²) in [5, 5.41) is 0.773. The molecule has 3 nitrogen and oxygen atoms in total. The fourth-order valence-corrected chi connectivity index (χ4v) is 3.06. The Morgan fingerprint density at radius 3 is 3.18 bits per heavy atom. The van der Waals surface area contributed by atoms with Gasteiger partial charge in [-0.25, -0.2) is 0 Å². The van der Waals surface area contributed by atoms with Crippen LogP contribution in [0.4, 0.5) is 0 Å². The van der Waals surface area contributed by atoms with Crippen LogP contribution in [0.1, 0.15) is 18.0 Å². The van der Waals surface area contributed by atoms with Gasteiger partial charge in [-0.2, -0.15) is 5.48 Å². The Bertz CT molecular complexity index is 376. The highest BCUT2D eigenvalue weighted by molar-refractivity contribution is 7.99. The van der Waals surface area contributed by atoms with E-state index in [9.17, 15) is 0 Å². The van der Waals surface area contributed by atoms with Crippen molar-refractivity contribution in [2.75, 3.05) is 26.1 Å². The molecule has 0 spiro atoms. The molecule has 5 heteroatoms. The molecule has 1 heterocycles. The van der Waals surface area contributed by atoms with Crippen LogP contribution in [-0.4, -0.2) is 26.1 Å². The van der Waals surface area contributed by atoms with Gasteiger partial charge in [-0.05, 0) is 35.9 Å². The smallest absolute Gasteiger partial charge is 0.0916 e. The lowest BCUT2D eigenvalue weighted by Crippen LogP contribution is -2.26. The van der Waals surface area contributed by atoms with Crippen LogP contribution in [0.15, 0.2) is 23.1 Å². The summed E-state index contributed by atoms with van der Waals surface area (Å²) in [6, 6.07) is 6.24. The van der Waals surface area contributed by atoms with Gasteiger partial charge in [0.2, 0.25) is 0 Å². The van der Waals surface area contributed by atoms with Crippen LogP contribution in [0.2, 0.25) is 5.02 Å². The molecule has 1 aliphatic heterocycles. The Hall–Kier alpha value is -0.260. The number of nitrogens with one attached hydrogen (secondary N) is 1. The number of benzene rings is 1. The van der Waals surface area contributed by atoms with Crippen molar-refractivity contribution in [3.63, 3.8) is 0 Å². The second-order valence-electron chi connectivity index (χ2n) is 3.83. The number of hydrogen-bond acceptors (Lipinski definition) is 4. The van der Waals surface area contributed by atoms with Crippen molar-refractivity contribution in [1.82, 2.24) is 5.48 Å². The molecule has 0 bridgehead atoms. The van der Waals surface area contributed by atoms with Crippen LogP contribution in [0, 0.1) is 0 Å². The third-order valence-corrected chi connectivity index (χ3v) is 3.98. The molecule has 1 aromatic rings. The summed E-state index contributed by atoms with van der Waals surface area (Å²) in [7, 11) is 1.66. The molecule has 1 atom stereocenters. The van der Waals surface area contributed by atoms with Crippen molar-refractivity contribution in [3.05, 3.63) is 28.8 Å². The molecular weight excluding hydrogens is 258 g/mol. The lowest BCUT2D eigenvalue weighted by Gasteiger charge is -2.25. The van der Waals surface area contributed by atoms with Crippen LogP contribution in [0.5, 0.6) is 0 Å². The van der Waals surface area contributed by atoms with Crippen LogP contribution < -0.4 is 5.48 Å². The van der Waals surface area contributed by atoms with Gasteiger partial charge in [0.05, 0.1) is 19.3 Å². The number of methoxy groups -OCH3 is 1. The largest absolute Gasteiger partial charge is 0.382 e. The molecule has 0 saturated heterocycles. The Kier molecular flexibility index (Phi) is 5.13. The van der Waals surface area contributed by atoms with E-state index in [-0.39, 0.29) is 6.04 Å². The van der Waals surface area contributed by atoms with Gasteiger partial charge in [-0.15, -0.1) is 11.8 Å². The monoisotopic (exact) mass is 273 g/mol. The lowest BCUT2D eigenvalue weighted by molar-refractivity contribution is -0.0136. The van der Waals surface area contributed by atoms with Crippen molar-refractivity contribution < 1.29 is 9.57 Å². The van der Waals surface area contributed by atoms with Crippen LogP contribution in [0.25, 0.3) is 0 Å². The minimum Gasteiger partial charge on any atom is -0.382 e. The van der Waals surface area contributed by atoms with E-state index in [1.807, 2.05) is 23.9 Å². The van der Waals surface area contributed by atoms with Crippen LogP contribution in [-0.2, 0) is 9.57 Å². The lowest BCUT2D eigenvalue weighted by atomic mass is 10.1. The SMILES string of the molecule is COCCONC1CCSc2ccc(Cl)cc21. The molecule has 94 valence electrons. The van der Waals surface area contributed by atoms with E-state index in [2.05, 4.69) is 11.5 Å². The summed E-state index contributed by atoms with van der Waals surface area (Å²) in [5.74, 6) is 1.10. The molecular formula is C12H16ClNO2S. The first kappa shape index (κ1) is 13.2. The van der Waals surface area contributed by atoms with Crippen molar-refractivity contribution in [2.24, 2.45) is 0 Å². The summed E-state index contributed by atoms with van der Waals surface area (Å²) in [5.41, 5.74) is 4.32. The summed E-state index contributed by atoms with van der Waals surface area (Å²) >= 11 is 7.89. The van der Waals surface area contributed by atoms with Gasteiger partial charge >= 0.3 is 0 Å². The zero-order valence-electron chi connectivity index (χ0n) is 9.74. The van der Waals surface area contributed by atoms with Gasteiger partial charge in [0, 0.05) is 17.0 Å². The van der Waals surface area contributed by atoms with Gasteiger partial charge in [0.15, 0.2) is 0 Å². The molecule has 0 amide bonds. The summed E-state index contributed by atoms with van der Waals surface area (Å²) in [4.78, 5) is 6.67. The Morgan fingerprint density at radius 2 is 2.35 bits per heavy atom. The van der Waals surface area contributed by atoms with Crippen LogP contribution >= 0.6 is 23.4 Å². The van der Waals surface area contributed by atoms with Crippen molar-refractivity contribution in [2.45, 2.75) is 17.4 Å². The van der Waals surface area contributed by atoms with E-state index >= 15 is 0 Å². The number of ether oxygens (including phenoxy) is 1. The van der Waals surface area contributed by atoms with Crippen molar-refractivity contribution in [3.8, 4) is 0 Å². The summed E-state index contributed by atoms with van der Waals surface area (Å²) in [6.45, 7) is 1.15. The van der Waals surface area contributed by atoms with E-state index in [1.54, 1.807) is 7.11 Å². The van der Waals surface area contributed by atoms with Crippen LogP contribution in [0.3, 0.4) is 0 Å². The first-order valence-corrected chi connectivity index (χ1v) is 6.96. The molecule has 1 unspecified atom stereocenters. The highest BCUT2D eigenvalue weighted by atomic mass is 35.5. The number of halogens is 1. The minimum atomic E-state index is 0.224. The second-order valence-corrected chi connectivity index (χ2v) is 5.40. The minimum absolute atomic E-state index is 0.224. The molecule has 1 aliphatic rings. The topological polar surface area (TPSA) is 30.5 Å². The van der Waals surface area contributed by atoms with Crippen molar-refractivity contribution in [1.29, 1.82) is 0 Å². The van der Waals surface area contributed by atoms with Crippen molar-refractivity contribution >= 4 is 23.4 Å². The normalized spacial score (nSPS) is 19.1. The predicted octanol–water partition coefficient (Wildman–Crippen LogP) is 3.04. The van der Waals surface area contributed by atoms with Gasteiger partial charge in [0.25, 0.3) is 0 Å². The Morgan fingerprint density at radius 1 is 1.47 bits per heavy atom. The molecule has 0 radical (unpaired) electrons. The highest BCUT2D eigenvalue weighted by Crippen LogP contribution is 2.37. The number of rotatable bonds is 5. The first-order valence-electron chi connectivity index (χ1n) is 5.60. The number of hydrogen-bond donors (Lipinski definition) is 1. The van der Waals surface area contributed by atoms with Gasteiger partial charge in [-0.1, -0.05) is 11.6 Å². The molecule has 2 rings (SSSR count). The summed E-state index contributed by atoms with van der Waals surface area (Å²) < 4.78 is 4.93. The van der Waals surface area contributed by atoms with Gasteiger partial charge in [0.1, 0.15) is 0 Å². The zero-order chi connectivity index (χ0) is 12.1. The van der Waals surface area contributed by atoms with E-state index in [1.165, 1.54) is 10.5 Å². The Balaban J connectivity index is 1.98. The maximum Gasteiger partial charge on any atom is 0.0916 e. The second kappa shape index (κ2) is 6.61. The zero-order valence-corrected chi connectivity index (χ0v) is 11.3. The summed E-state index contributed by atoms with van der Waals surface area (Å²) in [6.07, 6.45) is 1.05. The molecule has 0 aliphatic carbocycles. The quantitative estimate of drug-likeness (QED) is 0.660. The Labute approximate surface area is 111 Å². The highest BCUT2D eigenvalue weighted by Gasteiger charge is 2.20. The standard InChI is InChI=1S/C12H16ClNO2S/c1-15-5-6-16-14-11-4-7-17-12-3-2-9(13)8-10(11)12/h2-3,8,11,14H,4-7H2,1H3.